The predicted molar refractivity (Wildman–Crippen MR) is 61.4 cm³/mol. The molecule has 0 bridgehead atoms. The van der Waals surface area contributed by atoms with Gasteiger partial charge in [-0.1, -0.05) is 6.07 Å². The molecular formula is C11H15NO3S. The normalized spacial score (nSPS) is 17.1. The van der Waals surface area contributed by atoms with E-state index < -0.39 is 9.84 Å². The van der Waals surface area contributed by atoms with Crippen molar-refractivity contribution < 1.29 is 13.2 Å². The first kappa shape index (κ1) is 11.4. The molecule has 0 saturated heterocycles. The number of aryl methyl sites for hydroxylation is 1. The largest absolute Gasteiger partial charge is 0.494 e. The standard InChI is InChI=1S/C11H15NO3S/c12-5-1-6-15-10-3-2-9-4-7-16(13,14)11(9)8-10/h2-3,8H,1,4-7,12H2. The fourth-order valence-corrected chi connectivity index (χ4v) is 3.32. The van der Waals surface area contributed by atoms with Crippen LogP contribution in [0, 0.1) is 0 Å². The van der Waals surface area contributed by atoms with Crippen molar-refractivity contribution in [2.24, 2.45) is 5.73 Å². The van der Waals surface area contributed by atoms with Gasteiger partial charge in [0.25, 0.3) is 0 Å². The molecule has 0 aliphatic carbocycles. The number of hydrogen-bond donors (Lipinski definition) is 1. The van der Waals surface area contributed by atoms with E-state index >= 15 is 0 Å². The van der Waals surface area contributed by atoms with Crippen LogP contribution in [0.3, 0.4) is 0 Å². The van der Waals surface area contributed by atoms with Crippen LogP contribution >= 0.6 is 0 Å². The van der Waals surface area contributed by atoms with Crippen molar-refractivity contribution in [3.63, 3.8) is 0 Å². The summed E-state index contributed by atoms with van der Waals surface area (Å²) in [5.74, 6) is 0.826. The van der Waals surface area contributed by atoms with Gasteiger partial charge in [-0.2, -0.15) is 0 Å². The van der Waals surface area contributed by atoms with Crippen LogP contribution in [-0.2, 0) is 16.3 Å². The van der Waals surface area contributed by atoms with Gasteiger partial charge < -0.3 is 10.5 Å². The van der Waals surface area contributed by atoms with Crippen LogP contribution in [0.2, 0.25) is 0 Å². The third kappa shape index (κ3) is 2.20. The van der Waals surface area contributed by atoms with Gasteiger partial charge in [-0.05, 0) is 37.1 Å². The second kappa shape index (κ2) is 4.43. The topological polar surface area (TPSA) is 69.4 Å². The number of rotatable bonds is 4. The number of nitrogens with two attached hydrogens (primary N) is 1. The van der Waals surface area contributed by atoms with Gasteiger partial charge in [0.15, 0.2) is 9.84 Å². The van der Waals surface area contributed by atoms with E-state index in [4.69, 9.17) is 10.5 Å². The van der Waals surface area contributed by atoms with Gasteiger partial charge in [-0.15, -0.1) is 0 Å². The highest BCUT2D eigenvalue weighted by Gasteiger charge is 2.26. The van der Waals surface area contributed by atoms with Crippen LogP contribution in [0.4, 0.5) is 0 Å². The van der Waals surface area contributed by atoms with Crippen LogP contribution < -0.4 is 10.5 Å². The van der Waals surface area contributed by atoms with Crippen molar-refractivity contribution in [2.45, 2.75) is 17.7 Å². The van der Waals surface area contributed by atoms with Crippen LogP contribution in [-0.4, -0.2) is 27.3 Å². The van der Waals surface area contributed by atoms with Gasteiger partial charge in [0.1, 0.15) is 5.75 Å². The average molecular weight is 241 g/mol. The average Bonchev–Trinajstić information content (AvgIpc) is 2.56. The lowest BCUT2D eigenvalue weighted by molar-refractivity contribution is 0.312. The molecule has 1 aromatic carbocycles. The van der Waals surface area contributed by atoms with Gasteiger partial charge in [0, 0.05) is 0 Å². The lowest BCUT2D eigenvalue weighted by Gasteiger charge is -2.06. The van der Waals surface area contributed by atoms with E-state index in [1.165, 1.54) is 0 Å². The SMILES string of the molecule is NCCCOc1ccc2c(c1)S(=O)(=O)CC2. The van der Waals surface area contributed by atoms with E-state index in [9.17, 15) is 8.42 Å². The summed E-state index contributed by atoms with van der Waals surface area (Å²) in [5.41, 5.74) is 6.24. The molecule has 5 heteroatoms. The minimum absolute atomic E-state index is 0.217. The molecule has 4 nitrogen and oxygen atoms in total. The fraction of sp³-hybridized carbons (Fsp3) is 0.455. The van der Waals surface area contributed by atoms with Gasteiger partial charge in [0.2, 0.25) is 0 Å². The Balaban J connectivity index is 2.19. The zero-order valence-electron chi connectivity index (χ0n) is 8.98. The number of ether oxygens (including phenoxy) is 1. The van der Waals surface area contributed by atoms with Crippen molar-refractivity contribution >= 4 is 9.84 Å². The van der Waals surface area contributed by atoms with Gasteiger partial charge in [-0.3, -0.25) is 0 Å². The Morgan fingerprint density at radius 2 is 2.19 bits per heavy atom. The van der Waals surface area contributed by atoms with Gasteiger partial charge >= 0.3 is 0 Å². The first-order valence-corrected chi connectivity index (χ1v) is 6.97. The summed E-state index contributed by atoms with van der Waals surface area (Å²) >= 11 is 0. The maximum atomic E-state index is 11.7. The van der Waals surface area contributed by atoms with E-state index in [1.807, 2.05) is 12.1 Å². The van der Waals surface area contributed by atoms with E-state index in [0.29, 0.717) is 30.2 Å². The second-order valence-electron chi connectivity index (χ2n) is 3.83. The minimum Gasteiger partial charge on any atom is -0.494 e. The minimum atomic E-state index is -3.06. The molecule has 2 rings (SSSR count). The molecule has 0 saturated carbocycles. The molecule has 0 fully saturated rings. The molecule has 0 aromatic heterocycles. The Morgan fingerprint density at radius 3 is 2.94 bits per heavy atom. The molecule has 1 heterocycles. The Labute approximate surface area is 95.3 Å². The lowest BCUT2D eigenvalue weighted by atomic mass is 10.2. The van der Waals surface area contributed by atoms with Crippen molar-refractivity contribution in [1.82, 2.24) is 0 Å². The maximum Gasteiger partial charge on any atom is 0.179 e. The molecule has 0 radical (unpaired) electrons. The quantitative estimate of drug-likeness (QED) is 0.789. The number of sulfone groups is 1. The molecule has 0 atom stereocenters. The molecule has 1 aromatic rings. The molecule has 0 amide bonds. The highest BCUT2D eigenvalue weighted by Crippen LogP contribution is 2.29. The fourth-order valence-electron chi connectivity index (χ4n) is 1.75. The molecule has 88 valence electrons. The monoisotopic (exact) mass is 241 g/mol. The molecule has 1 aliphatic rings. The lowest BCUT2D eigenvalue weighted by Crippen LogP contribution is -2.06. The summed E-state index contributed by atoms with van der Waals surface area (Å²) in [6.45, 7) is 1.10. The number of fused-ring (bicyclic) bond motifs is 1. The summed E-state index contributed by atoms with van der Waals surface area (Å²) in [6.07, 6.45) is 1.38. The van der Waals surface area contributed by atoms with E-state index in [0.717, 1.165) is 12.0 Å². The van der Waals surface area contributed by atoms with Gasteiger partial charge in [-0.25, -0.2) is 8.42 Å². The van der Waals surface area contributed by atoms with Crippen LogP contribution in [0.15, 0.2) is 23.1 Å². The van der Waals surface area contributed by atoms with Crippen molar-refractivity contribution in [2.75, 3.05) is 18.9 Å². The zero-order valence-corrected chi connectivity index (χ0v) is 9.79. The number of hydrogen-bond acceptors (Lipinski definition) is 4. The van der Waals surface area contributed by atoms with Crippen molar-refractivity contribution in [3.8, 4) is 5.75 Å². The molecule has 0 spiro atoms. The molecular weight excluding hydrogens is 226 g/mol. The van der Waals surface area contributed by atoms with Crippen LogP contribution in [0.25, 0.3) is 0 Å². The first-order valence-electron chi connectivity index (χ1n) is 5.32. The zero-order chi connectivity index (χ0) is 11.6. The van der Waals surface area contributed by atoms with E-state index in [1.54, 1.807) is 6.07 Å². The smallest absolute Gasteiger partial charge is 0.179 e. The van der Waals surface area contributed by atoms with Crippen LogP contribution in [0.1, 0.15) is 12.0 Å². The summed E-state index contributed by atoms with van der Waals surface area (Å²) in [6, 6.07) is 5.27. The Morgan fingerprint density at radius 1 is 1.38 bits per heavy atom. The third-order valence-electron chi connectivity index (χ3n) is 2.63. The third-order valence-corrected chi connectivity index (χ3v) is 4.42. The Hall–Kier alpha value is -1.07. The summed E-state index contributed by atoms with van der Waals surface area (Å²) < 4.78 is 28.7. The summed E-state index contributed by atoms with van der Waals surface area (Å²) in [4.78, 5) is 0.428. The second-order valence-corrected chi connectivity index (χ2v) is 5.91. The summed E-state index contributed by atoms with van der Waals surface area (Å²) in [5, 5.41) is 0. The first-order chi connectivity index (χ1) is 7.63. The highest BCUT2D eigenvalue weighted by atomic mass is 32.2. The molecule has 0 unspecified atom stereocenters. The maximum absolute atomic E-state index is 11.7. The van der Waals surface area contributed by atoms with E-state index in [2.05, 4.69) is 0 Å². The van der Waals surface area contributed by atoms with E-state index in [-0.39, 0.29) is 5.75 Å². The van der Waals surface area contributed by atoms with Crippen LogP contribution in [0.5, 0.6) is 5.75 Å². The molecule has 1 aliphatic heterocycles. The Kier molecular flexibility index (Phi) is 3.16. The molecule has 2 N–H and O–H groups in total. The van der Waals surface area contributed by atoms with Crippen molar-refractivity contribution in [3.05, 3.63) is 23.8 Å². The summed E-state index contributed by atoms with van der Waals surface area (Å²) in [7, 11) is -3.06. The predicted octanol–water partition coefficient (Wildman–Crippen LogP) is 0.744. The van der Waals surface area contributed by atoms with Crippen molar-refractivity contribution in [1.29, 1.82) is 0 Å². The molecule has 16 heavy (non-hydrogen) atoms. The highest BCUT2D eigenvalue weighted by molar-refractivity contribution is 7.91. The Bertz CT molecular complexity index is 482. The van der Waals surface area contributed by atoms with Gasteiger partial charge in [0.05, 0.1) is 17.3 Å². The number of benzene rings is 1.